The Balaban J connectivity index is 1.69. The normalized spacial score (nSPS) is 12.1. The quantitative estimate of drug-likeness (QED) is 0.452. The van der Waals surface area contributed by atoms with Gasteiger partial charge in [0.2, 0.25) is 12.7 Å². The minimum Gasteiger partial charge on any atom is -0.454 e. The molecule has 0 atom stereocenters. The summed E-state index contributed by atoms with van der Waals surface area (Å²) in [5.74, 6) is 1.63. The summed E-state index contributed by atoms with van der Waals surface area (Å²) < 4.78 is 10.7. The highest BCUT2D eigenvalue weighted by atomic mass is 16.7. The summed E-state index contributed by atoms with van der Waals surface area (Å²) in [7, 11) is 1.80. The third-order valence-corrected chi connectivity index (χ3v) is 5.09. The van der Waals surface area contributed by atoms with Crippen molar-refractivity contribution in [1.29, 1.82) is 0 Å². The third kappa shape index (κ3) is 3.87. The van der Waals surface area contributed by atoms with E-state index < -0.39 is 4.92 Å². The number of aromatic nitrogens is 2. The predicted octanol–water partition coefficient (Wildman–Crippen LogP) is 3.14. The first-order valence-electron chi connectivity index (χ1n) is 9.67. The lowest BCUT2D eigenvalue weighted by molar-refractivity contribution is -0.384. The molecule has 1 aliphatic heterocycles. The van der Waals surface area contributed by atoms with Crippen molar-refractivity contribution in [2.75, 3.05) is 30.2 Å². The highest BCUT2D eigenvalue weighted by Crippen LogP contribution is 2.37. The van der Waals surface area contributed by atoms with Crippen molar-refractivity contribution in [3.05, 3.63) is 57.8 Å². The van der Waals surface area contributed by atoms with Crippen LogP contribution in [0.1, 0.15) is 18.2 Å². The van der Waals surface area contributed by atoms with Crippen molar-refractivity contribution < 1.29 is 14.4 Å². The second kappa shape index (κ2) is 7.98. The highest BCUT2D eigenvalue weighted by molar-refractivity contribution is 5.81. The van der Waals surface area contributed by atoms with E-state index in [0.29, 0.717) is 47.0 Å². The lowest BCUT2D eigenvalue weighted by atomic mass is 10.0. The molecule has 0 radical (unpaired) electrons. The zero-order chi connectivity index (χ0) is 22.1. The summed E-state index contributed by atoms with van der Waals surface area (Å²) >= 11 is 0. The van der Waals surface area contributed by atoms with E-state index >= 15 is 0 Å². The molecule has 0 saturated heterocycles. The average Bonchev–Trinajstić information content (AvgIpc) is 3.20. The van der Waals surface area contributed by atoms with Crippen LogP contribution in [-0.4, -0.2) is 28.7 Å². The van der Waals surface area contributed by atoms with Gasteiger partial charge < -0.3 is 25.8 Å². The van der Waals surface area contributed by atoms with Crippen LogP contribution in [0.25, 0.3) is 11.1 Å². The molecule has 0 fully saturated rings. The molecule has 0 saturated carbocycles. The first-order valence-corrected chi connectivity index (χ1v) is 9.67. The first kappa shape index (κ1) is 20.2. The van der Waals surface area contributed by atoms with Crippen molar-refractivity contribution in [3.63, 3.8) is 0 Å². The van der Waals surface area contributed by atoms with E-state index in [0.717, 1.165) is 5.56 Å². The molecular weight excluding hydrogens is 400 g/mol. The van der Waals surface area contributed by atoms with Crippen molar-refractivity contribution in [3.8, 4) is 22.6 Å². The topological polar surface area (TPSA) is 143 Å². The van der Waals surface area contributed by atoms with Crippen LogP contribution in [0.5, 0.6) is 11.5 Å². The fourth-order valence-electron chi connectivity index (χ4n) is 3.66. The lowest BCUT2D eigenvalue weighted by Crippen LogP contribution is -2.17. The minimum absolute atomic E-state index is 0.0426. The number of aryl methyl sites for hydroxylation is 1. The van der Waals surface area contributed by atoms with Crippen LogP contribution in [0.3, 0.4) is 0 Å². The summed E-state index contributed by atoms with van der Waals surface area (Å²) in [5, 5.41) is 11.9. The van der Waals surface area contributed by atoms with Crippen LogP contribution >= 0.6 is 0 Å². The van der Waals surface area contributed by atoms with Gasteiger partial charge in [-0.05, 0) is 35.7 Å². The molecule has 0 amide bonds. The number of nitro benzene ring substituents is 1. The summed E-state index contributed by atoms with van der Waals surface area (Å²) in [5.41, 5.74) is 14.9. The van der Waals surface area contributed by atoms with Gasteiger partial charge in [0.05, 0.1) is 10.6 Å². The van der Waals surface area contributed by atoms with Crippen molar-refractivity contribution in [2.24, 2.45) is 0 Å². The van der Waals surface area contributed by atoms with Crippen LogP contribution in [0.15, 0.2) is 36.4 Å². The standard InChI is InChI=1S/C21H22N6O4/c1-3-14-19(20(22)25-21(23)24-14)13-5-6-15(16(9-13)27(28)29)26(2)10-12-4-7-17-18(8-12)31-11-30-17/h4-9H,3,10-11H2,1-2H3,(H4,22,23,24,25). The number of benzene rings is 2. The summed E-state index contributed by atoms with van der Waals surface area (Å²) in [6.07, 6.45) is 0.561. The molecule has 2 heterocycles. The number of hydrogen-bond acceptors (Lipinski definition) is 9. The van der Waals surface area contributed by atoms with Crippen LogP contribution < -0.4 is 25.8 Å². The van der Waals surface area contributed by atoms with E-state index in [-0.39, 0.29) is 24.2 Å². The van der Waals surface area contributed by atoms with Crippen LogP contribution in [0.4, 0.5) is 23.1 Å². The van der Waals surface area contributed by atoms with E-state index in [1.165, 1.54) is 6.07 Å². The average molecular weight is 422 g/mol. The van der Waals surface area contributed by atoms with Gasteiger partial charge >= 0.3 is 0 Å². The number of nitrogens with two attached hydrogens (primary N) is 2. The molecule has 4 N–H and O–H groups in total. The number of nitro groups is 1. The molecule has 160 valence electrons. The number of nitrogen functional groups attached to an aromatic ring is 2. The van der Waals surface area contributed by atoms with Gasteiger partial charge in [0.25, 0.3) is 5.69 Å². The fourth-order valence-corrected chi connectivity index (χ4v) is 3.66. The summed E-state index contributed by atoms with van der Waals surface area (Å²) in [4.78, 5) is 21.5. The Morgan fingerprint density at radius 3 is 2.65 bits per heavy atom. The largest absolute Gasteiger partial charge is 0.454 e. The van der Waals surface area contributed by atoms with Crippen molar-refractivity contribution in [1.82, 2.24) is 9.97 Å². The molecule has 0 unspecified atom stereocenters. The number of rotatable bonds is 6. The van der Waals surface area contributed by atoms with Gasteiger partial charge in [-0.2, -0.15) is 4.98 Å². The number of nitrogens with zero attached hydrogens (tertiary/aromatic N) is 4. The summed E-state index contributed by atoms with van der Waals surface area (Å²) in [6, 6.07) is 10.6. The predicted molar refractivity (Wildman–Crippen MR) is 117 cm³/mol. The van der Waals surface area contributed by atoms with Gasteiger partial charge in [0.1, 0.15) is 11.5 Å². The van der Waals surface area contributed by atoms with E-state index in [1.807, 2.05) is 30.0 Å². The van der Waals surface area contributed by atoms with E-state index in [9.17, 15) is 10.1 Å². The van der Waals surface area contributed by atoms with Crippen molar-refractivity contribution in [2.45, 2.75) is 19.9 Å². The van der Waals surface area contributed by atoms with Gasteiger partial charge in [-0.15, -0.1) is 0 Å². The molecule has 4 rings (SSSR count). The Bertz CT molecular complexity index is 1170. The van der Waals surface area contributed by atoms with E-state index in [2.05, 4.69) is 9.97 Å². The lowest BCUT2D eigenvalue weighted by Gasteiger charge is -2.20. The van der Waals surface area contributed by atoms with Gasteiger partial charge in [-0.25, -0.2) is 4.98 Å². The molecule has 0 spiro atoms. The second-order valence-electron chi connectivity index (χ2n) is 7.15. The Morgan fingerprint density at radius 1 is 1.13 bits per heavy atom. The number of ether oxygens (including phenoxy) is 2. The number of anilines is 3. The zero-order valence-corrected chi connectivity index (χ0v) is 17.2. The summed E-state index contributed by atoms with van der Waals surface area (Å²) in [6.45, 7) is 2.55. The Kier molecular flexibility index (Phi) is 5.20. The van der Waals surface area contributed by atoms with Crippen LogP contribution in [0.2, 0.25) is 0 Å². The Morgan fingerprint density at radius 2 is 1.90 bits per heavy atom. The van der Waals surface area contributed by atoms with E-state index in [1.54, 1.807) is 19.2 Å². The monoisotopic (exact) mass is 422 g/mol. The van der Waals surface area contributed by atoms with Gasteiger partial charge in [-0.1, -0.05) is 19.1 Å². The number of fused-ring (bicyclic) bond motifs is 1. The SMILES string of the molecule is CCc1nc(N)nc(N)c1-c1ccc(N(C)Cc2ccc3c(c2)OCO3)c([N+](=O)[O-])c1. The van der Waals surface area contributed by atoms with Crippen LogP contribution in [-0.2, 0) is 13.0 Å². The Hall–Kier alpha value is -4.08. The molecule has 1 aliphatic rings. The third-order valence-electron chi connectivity index (χ3n) is 5.09. The molecule has 31 heavy (non-hydrogen) atoms. The molecular formula is C21H22N6O4. The van der Waals surface area contributed by atoms with Crippen LogP contribution in [0, 0.1) is 10.1 Å². The highest BCUT2D eigenvalue weighted by Gasteiger charge is 2.22. The fraction of sp³-hybridized carbons (Fsp3) is 0.238. The molecule has 0 aliphatic carbocycles. The smallest absolute Gasteiger partial charge is 0.293 e. The first-order chi connectivity index (χ1) is 14.9. The molecule has 10 nitrogen and oxygen atoms in total. The van der Waals surface area contributed by atoms with Gasteiger partial charge in [0.15, 0.2) is 11.5 Å². The van der Waals surface area contributed by atoms with Crippen molar-refractivity contribution >= 4 is 23.1 Å². The molecule has 0 bridgehead atoms. The maximum absolute atomic E-state index is 11.9. The van der Waals surface area contributed by atoms with E-state index in [4.69, 9.17) is 20.9 Å². The molecule has 3 aromatic rings. The number of hydrogen-bond donors (Lipinski definition) is 2. The molecule has 2 aromatic carbocycles. The molecule has 1 aromatic heterocycles. The molecule has 10 heteroatoms. The van der Waals surface area contributed by atoms with Gasteiger partial charge in [0, 0.05) is 25.2 Å². The van der Waals surface area contributed by atoms with Gasteiger partial charge in [-0.3, -0.25) is 10.1 Å². The maximum atomic E-state index is 11.9. The second-order valence-corrected chi connectivity index (χ2v) is 7.15. The maximum Gasteiger partial charge on any atom is 0.293 e. The zero-order valence-electron chi connectivity index (χ0n) is 17.2. The minimum atomic E-state index is -0.408. The Labute approximate surface area is 178 Å².